The molecule has 6 heteroatoms. The number of hydrogen-bond acceptors (Lipinski definition) is 3. The predicted octanol–water partition coefficient (Wildman–Crippen LogP) is 1.10. The number of carbonyl (C=O) groups is 1. The first-order valence-electron chi connectivity index (χ1n) is 6.75. The van der Waals surface area contributed by atoms with Crippen LogP contribution in [-0.2, 0) is 9.84 Å². The van der Waals surface area contributed by atoms with E-state index < -0.39 is 9.84 Å². The quantitative estimate of drug-likeness (QED) is 0.664. The average molecular weight is 274 g/mol. The summed E-state index contributed by atoms with van der Waals surface area (Å²) in [5, 5.41) is 0. The highest BCUT2D eigenvalue weighted by atomic mass is 32.2. The summed E-state index contributed by atoms with van der Waals surface area (Å²) in [7, 11) is -2.95. The summed E-state index contributed by atoms with van der Waals surface area (Å²) in [6, 6.07) is -0.168. The molecule has 1 unspecified atom stereocenters. The molecule has 5 nitrogen and oxygen atoms in total. The van der Waals surface area contributed by atoms with Crippen LogP contribution in [0.5, 0.6) is 0 Å². The van der Waals surface area contributed by atoms with Gasteiger partial charge < -0.3 is 9.80 Å². The van der Waals surface area contributed by atoms with Gasteiger partial charge in [-0.1, -0.05) is 12.8 Å². The molecular weight excluding hydrogens is 252 g/mol. The van der Waals surface area contributed by atoms with Crippen LogP contribution in [-0.4, -0.2) is 61.4 Å². The highest BCUT2D eigenvalue weighted by Gasteiger charge is 2.33. The topological polar surface area (TPSA) is 57.7 Å². The van der Waals surface area contributed by atoms with Gasteiger partial charge in [0, 0.05) is 25.7 Å². The number of sulfone groups is 1. The molecule has 104 valence electrons. The zero-order valence-corrected chi connectivity index (χ0v) is 11.8. The Kier molecular flexibility index (Phi) is 4.14. The molecule has 18 heavy (non-hydrogen) atoms. The lowest BCUT2D eigenvalue weighted by atomic mass is 10.2. The Balaban J connectivity index is 2.00. The summed E-state index contributed by atoms with van der Waals surface area (Å²) in [5.74, 6) is 0.212. The molecule has 0 N–H and O–H groups in total. The lowest BCUT2D eigenvalue weighted by Crippen LogP contribution is -2.54. The molecule has 2 fully saturated rings. The SMILES string of the molecule is CC1CS(=O)(=O)CCN1C(=O)N1CCCCCC1. The second-order valence-electron chi connectivity index (χ2n) is 5.34. The van der Waals surface area contributed by atoms with Gasteiger partial charge in [-0.05, 0) is 19.8 Å². The fourth-order valence-corrected chi connectivity index (χ4v) is 4.28. The van der Waals surface area contributed by atoms with Crippen molar-refractivity contribution in [3.63, 3.8) is 0 Å². The monoisotopic (exact) mass is 274 g/mol. The Morgan fingerprint density at radius 1 is 1.06 bits per heavy atom. The van der Waals surface area contributed by atoms with Gasteiger partial charge in [-0.2, -0.15) is 0 Å². The van der Waals surface area contributed by atoms with E-state index in [-0.39, 0.29) is 23.6 Å². The van der Waals surface area contributed by atoms with Gasteiger partial charge in [0.05, 0.1) is 11.5 Å². The molecule has 2 saturated heterocycles. The predicted molar refractivity (Wildman–Crippen MR) is 70.3 cm³/mol. The standard InChI is InChI=1S/C12H22N2O3S/c1-11-10-18(16,17)9-8-14(11)12(15)13-6-4-2-3-5-7-13/h11H,2-10H2,1H3. The first kappa shape index (κ1) is 13.6. The highest BCUT2D eigenvalue weighted by Crippen LogP contribution is 2.17. The Bertz CT molecular complexity index is 400. The number of urea groups is 1. The second kappa shape index (κ2) is 5.47. The third-order valence-electron chi connectivity index (χ3n) is 3.79. The van der Waals surface area contributed by atoms with Gasteiger partial charge in [-0.15, -0.1) is 0 Å². The van der Waals surface area contributed by atoms with Crippen LogP contribution in [0.3, 0.4) is 0 Å². The number of hydrogen-bond donors (Lipinski definition) is 0. The van der Waals surface area contributed by atoms with Gasteiger partial charge in [0.2, 0.25) is 0 Å². The number of nitrogens with zero attached hydrogens (tertiary/aromatic N) is 2. The van der Waals surface area contributed by atoms with E-state index in [1.807, 2.05) is 11.8 Å². The van der Waals surface area contributed by atoms with Crippen LogP contribution in [0.25, 0.3) is 0 Å². The zero-order valence-electron chi connectivity index (χ0n) is 11.0. The minimum Gasteiger partial charge on any atom is -0.325 e. The van der Waals surface area contributed by atoms with Crippen molar-refractivity contribution in [2.75, 3.05) is 31.1 Å². The van der Waals surface area contributed by atoms with Crippen molar-refractivity contribution in [1.82, 2.24) is 9.80 Å². The van der Waals surface area contributed by atoms with Gasteiger partial charge >= 0.3 is 6.03 Å². The fourth-order valence-electron chi connectivity index (χ4n) is 2.73. The Morgan fingerprint density at radius 2 is 1.67 bits per heavy atom. The van der Waals surface area contributed by atoms with E-state index in [2.05, 4.69) is 0 Å². The summed E-state index contributed by atoms with van der Waals surface area (Å²) in [6.07, 6.45) is 4.50. The molecule has 2 aliphatic heterocycles. The van der Waals surface area contributed by atoms with Crippen molar-refractivity contribution in [1.29, 1.82) is 0 Å². The largest absolute Gasteiger partial charge is 0.325 e. The number of carbonyl (C=O) groups excluding carboxylic acids is 1. The molecule has 2 aliphatic rings. The van der Waals surface area contributed by atoms with Crippen LogP contribution in [0, 0.1) is 0 Å². The molecule has 0 spiro atoms. The molecule has 2 rings (SSSR count). The fraction of sp³-hybridized carbons (Fsp3) is 0.917. The van der Waals surface area contributed by atoms with Crippen molar-refractivity contribution in [2.45, 2.75) is 38.6 Å². The molecule has 0 saturated carbocycles. The number of likely N-dealkylation sites (tertiary alicyclic amines) is 1. The van der Waals surface area contributed by atoms with Crippen LogP contribution in [0.15, 0.2) is 0 Å². The Morgan fingerprint density at radius 3 is 2.22 bits per heavy atom. The van der Waals surface area contributed by atoms with E-state index >= 15 is 0 Å². The van der Waals surface area contributed by atoms with Crippen molar-refractivity contribution < 1.29 is 13.2 Å². The van der Waals surface area contributed by atoms with Gasteiger partial charge in [0.1, 0.15) is 0 Å². The second-order valence-corrected chi connectivity index (χ2v) is 7.57. The highest BCUT2D eigenvalue weighted by molar-refractivity contribution is 7.91. The minimum atomic E-state index is -2.95. The van der Waals surface area contributed by atoms with E-state index in [0.29, 0.717) is 6.54 Å². The molecule has 0 aromatic carbocycles. The molecule has 2 amide bonds. The first-order valence-corrected chi connectivity index (χ1v) is 8.58. The maximum atomic E-state index is 12.4. The van der Waals surface area contributed by atoms with E-state index in [4.69, 9.17) is 0 Å². The zero-order chi connectivity index (χ0) is 13.2. The van der Waals surface area contributed by atoms with Crippen LogP contribution < -0.4 is 0 Å². The average Bonchev–Trinajstić information content (AvgIpc) is 2.55. The van der Waals surface area contributed by atoms with Crippen molar-refractivity contribution in [3.8, 4) is 0 Å². The molecule has 0 aliphatic carbocycles. The maximum absolute atomic E-state index is 12.4. The molecule has 1 atom stereocenters. The summed E-state index contributed by atoms with van der Waals surface area (Å²) in [4.78, 5) is 16.0. The van der Waals surface area contributed by atoms with Crippen molar-refractivity contribution in [2.24, 2.45) is 0 Å². The molecule has 0 aromatic rings. The first-order chi connectivity index (χ1) is 8.49. The third-order valence-corrected chi connectivity index (χ3v) is 5.59. The van der Waals surface area contributed by atoms with E-state index in [1.165, 1.54) is 12.8 Å². The normalized spacial score (nSPS) is 28.8. The lowest BCUT2D eigenvalue weighted by Gasteiger charge is -2.36. The third kappa shape index (κ3) is 3.16. The molecular formula is C12H22N2O3S. The number of amides is 2. The van der Waals surface area contributed by atoms with Crippen LogP contribution in [0.2, 0.25) is 0 Å². The van der Waals surface area contributed by atoms with E-state index in [1.54, 1.807) is 4.90 Å². The van der Waals surface area contributed by atoms with Crippen LogP contribution >= 0.6 is 0 Å². The molecule has 0 radical (unpaired) electrons. The van der Waals surface area contributed by atoms with E-state index in [0.717, 1.165) is 25.9 Å². The summed E-state index contributed by atoms with van der Waals surface area (Å²) in [6.45, 7) is 3.80. The molecule has 0 aromatic heterocycles. The summed E-state index contributed by atoms with van der Waals surface area (Å²) >= 11 is 0. The Labute approximate surface area is 109 Å². The van der Waals surface area contributed by atoms with E-state index in [9.17, 15) is 13.2 Å². The number of rotatable bonds is 0. The van der Waals surface area contributed by atoms with Gasteiger partial charge in [-0.3, -0.25) is 0 Å². The van der Waals surface area contributed by atoms with Crippen molar-refractivity contribution >= 4 is 15.9 Å². The minimum absolute atomic E-state index is 0.0271. The molecule has 0 bridgehead atoms. The smallest absolute Gasteiger partial charge is 0.320 e. The molecule has 2 heterocycles. The van der Waals surface area contributed by atoms with Crippen LogP contribution in [0.1, 0.15) is 32.6 Å². The maximum Gasteiger partial charge on any atom is 0.320 e. The van der Waals surface area contributed by atoms with Crippen LogP contribution in [0.4, 0.5) is 4.79 Å². The van der Waals surface area contributed by atoms with Gasteiger partial charge in [-0.25, -0.2) is 13.2 Å². The van der Waals surface area contributed by atoms with Gasteiger partial charge in [0.25, 0.3) is 0 Å². The summed E-state index contributed by atoms with van der Waals surface area (Å²) < 4.78 is 23.0. The van der Waals surface area contributed by atoms with Gasteiger partial charge in [0.15, 0.2) is 9.84 Å². The Hall–Kier alpha value is -0.780. The van der Waals surface area contributed by atoms with Crippen molar-refractivity contribution in [3.05, 3.63) is 0 Å². The lowest BCUT2D eigenvalue weighted by molar-refractivity contribution is 0.143. The summed E-state index contributed by atoms with van der Waals surface area (Å²) in [5.41, 5.74) is 0.